The van der Waals surface area contributed by atoms with Crippen LogP contribution in [-0.4, -0.2) is 41.6 Å². The maximum Gasteiger partial charge on any atom is 0.323 e. The first-order valence-electron chi connectivity index (χ1n) is 6.29. The molecule has 2 heterocycles. The number of hydrogen-bond acceptors (Lipinski definition) is 4. The Morgan fingerprint density at radius 2 is 2.16 bits per heavy atom. The number of ketones is 1. The van der Waals surface area contributed by atoms with Crippen molar-refractivity contribution in [3.63, 3.8) is 0 Å². The van der Waals surface area contributed by atoms with Gasteiger partial charge < -0.3 is 20.0 Å². The van der Waals surface area contributed by atoms with Gasteiger partial charge in [-0.2, -0.15) is 0 Å². The average molecular weight is 261 g/mol. The maximum atomic E-state index is 12.2. The van der Waals surface area contributed by atoms with Gasteiger partial charge in [-0.1, -0.05) is 0 Å². The first kappa shape index (κ1) is 12.1. The number of aromatic nitrogens is 2. The zero-order chi connectivity index (χ0) is 13.2. The Morgan fingerprint density at radius 3 is 2.95 bits per heavy atom. The molecule has 0 amide bonds. The van der Waals surface area contributed by atoms with Crippen LogP contribution < -0.4 is 11.0 Å². The molecule has 3 N–H and O–H groups in total. The minimum absolute atomic E-state index is 0.0481. The highest BCUT2D eigenvalue weighted by atomic mass is 16.5. The number of carbonyl (C=O) groups is 1. The maximum absolute atomic E-state index is 12.2. The number of H-pyrrole nitrogens is 2. The number of aromatic amines is 2. The van der Waals surface area contributed by atoms with E-state index in [1.807, 2.05) is 0 Å². The molecule has 6 heteroatoms. The van der Waals surface area contributed by atoms with E-state index in [-0.39, 0.29) is 17.5 Å². The summed E-state index contributed by atoms with van der Waals surface area (Å²) in [5, 5.41) is 3.25. The molecule has 1 unspecified atom stereocenters. The standard InChI is InChI=1S/C13H15N3O3/c17-12(6-9-7-19-4-3-14-9)8-1-2-10-11(5-8)16-13(18)15-10/h1-2,5,9,14H,3-4,6-7H2,(H2,15,16,18). The Labute approximate surface area is 109 Å². The highest BCUT2D eigenvalue weighted by Gasteiger charge is 2.18. The van der Waals surface area contributed by atoms with Gasteiger partial charge in [-0.15, -0.1) is 0 Å². The van der Waals surface area contributed by atoms with E-state index in [2.05, 4.69) is 15.3 Å². The van der Waals surface area contributed by atoms with E-state index in [0.29, 0.717) is 36.2 Å². The number of morpholine rings is 1. The molecular formula is C13H15N3O3. The third-order valence-corrected chi connectivity index (χ3v) is 3.27. The molecule has 0 radical (unpaired) electrons. The van der Waals surface area contributed by atoms with Gasteiger partial charge in [-0.25, -0.2) is 4.79 Å². The van der Waals surface area contributed by atoms with Crippen molar-refractivity contribution >= 4 is 16.8 Å². The first-order chi connectivity index (χ1) is 9.22. The zero-order valence-electron chi connectivity index (χ0n) is 10.4. The summed E-state index contributed by atoms with van der Waals surface area (Å²) in [5.74, 6) is 0.0481. The van der Waals surface area contributed by atoms with E-state index in [1.165, 1.54) is 0 Å². The molecule has 1 saturated heterocycles. The minimum Gasteiger partial charge on any atom is -0.378 e. The van der Waals surface area contributed by atoms with Crippen LogP contribution in [-0.2, 0) is 4.74 Å². The number of benzene rings is 1. The molecule has 1 aliphatic heterocycles. The quantitative estimate of drug-likeness (QED) is 0.699. The van der Waals surface area contributed by atoms with Crippen molar-refractivity contribution in [3.8, 4) is 0 Å². The number of nitrogens with one attached hydrogen (secondary N) is 3. The summed E-state index contributed by atoms with van der Waals surface area (Å²) in [6, 6.07) is 5.25. The third-order valence-electron chi connectivity index (χ3n) is 3.27. The zero-order valence-corrected chi connectivity index (χ0v) is 10.4. The van der Waals surface area contributed by atoms with Gasteiger partial charge in [0.15, 0.2) is 5.78 Å². The molecular weight excluding hydrogens is 246 g/mol. The summed E-state index contributed by atoms with van der Waals surface area (Å²) in [6.45, 7) is 2.04. The Bertz CT molecular complexity index is 652. The molecule has 100 valence electrons. The van der Waals surface area contributed by atoms with Gasteiger partial charge in [0.25, 0.3) is 0 Å². The number of imidazole rings is 1. The van der Waals surface area contributed by atoms with Crippen LogP contribution in [0.4, 0.5) is 0 Å². The molecule has 2 aromatic rings. The number of rotatable bonds is 3. The van der Waals surface area contributed by atoms with Crippen LogP contribution in [0.15, 0.2) is 23.0 Å². The van der Waals surface area contributed by atoms with Crippen LogP contribution >= 0.6 is 0 Å². The van der Waals surface area contributed by atoms with Crippen molar-refractivity contribution < 1.29 is 9.53 Å². The second-order valence-corrected chi connectivity index (χ2v) is 4.69. The molecule has 1 atom stereocenters. The highest BCUT2D eigenvalue weighted by molar-refractivity contribution is 5.99. The van der Waals surface area contributed by atoms with Crippen LogP contribution in [0.5, 0.6) is 0 Å². The molecule has 6 nitrogen and oxygen atoms in total. The van der Waals surface area contributed by atoms with Crippen molar-refractivity contribution in [2.45, 2.75) is 12.5 Å². The molecule has 0 saturated carbocycles. The second-order valence-electron chi connectivity index (χ2n) is 4.69. The summed E-state index contributed by atoms with van der Waals surface area (Å²) in [7, 11) is 0. The Morgan fingerprint density at radius 1 is 1.32 bits per heavy atom. The molecule has 3 rings (SSSR count). The molecule has 1 aromatic carbocycles. The van der Waals surface area contributed by atoms with Crippen molar-refractivity contribution in [2.24, 2.45) is 0 Å². The number of carbonyl (C=O) groups excluding carboxylic acids is 1. The molecule has 0 spiro atoms. The number of fused-ring (bicyclic) bond motifs is 1. The van der Waals surface area contributed by atoms with Crippen LogP contribution in [0.25, 0.3) is 11.0 Å². The van der Waals surface area contributed by atoms with Crippen LogP contribution in [0.1, 0.15) is 16.8 Å². The summed E-state index contributed by atoms with van der Waals surface area (Å²) >= 11 is 0. The summed E-state index contributed by atoms with van der Waals surface area (Å²) in [6.07, 6.45) is 0.403. The van der Waals surface area contributed by atoms with E-state index in [4.69, 9.17) is 4.74 Å². The lowest BCUT2D eigenvalue weighted by molar-refractivity contribution is 0.0676. The first-order valence-corrected chi connectivity index (χ1v) is 6.29. The Kier molecular flexibility index (Phi) is 3.18. The lowest BCUT2D eigenvalue weighted by Gasteiger charge is -2.23. The minimum atomic E-state index is -0.262. The van der Waals surface area contributed by atoms with Crippen LogP contribution in [0, 0.1) is 0 Å². The normalized spacial score (nSPS) is 19.7. The number of ether oxygens (including phenoxy) is 1. The monoisotopic (exact) mass is 261 g/mol. The van der Waals surface area contributed by atoms with Gasteiger partial charge in [-0.05, 0) is 18.2 Å². The average Bonchev–Trinajstić information content (AvgIpc) is 2.78. The lowest BCUT2D eigenvalue weighted by atomic mass is 10.0. The van der Waals surface area contributed by atoms with Crippen molar-refractivity contribution in [3.05, 3.63) is 34.2 Å². The third kappa shape index (κ3) is 2.59. The fourth-order valence-corrected chi connectivity index (χ4v) is 2.30. The Hall–Kier alpha value is -1.92. The number of Topliss-reactive ketones (excluding diaryl/α,β-unsaturated/α-hetero) is 1. The van der Waals surface area contributed by atoms with Crippen molar-refractivity contribution in [1.29, 1.82) is 0 Å². The van der Waals surface area contributed by atoms with Gasteiger partial charge in [0.2, 0.25) is 0 Å². The topological polar surface area (TPSA) is 87.0 Å². The van der Waals surface area contributed by atoms with Crippen LogP contribution in [0.3, 0.4) is 0 Å². The summed E-state index contributed by atoms with van der Waals surface area (Å²) in [5.41, 5.74) is 1.71. The van der Waals surface area contributed by atoms with Crippen molar-refractivity contribution in [2.75, 3.05) is 19.8 Å². The fourth-order valence-electron chi connectivity index (χ4n) is 2.30. The van der Waals surface area contributed by atoms with Crippen LogP contribution in [0.2, 0.25) is 0 Å². The largest absolute Gasteiger partial charge is 0.378 e. The van der Waals surface area contributed by atoms with Gasteiger partial charge >= 0.3 is 5.69 Å². The van der Waals surface area contributed by atoms with E-state index < -0.39 is 0 Å². The molecule has 1 fully saturated rings. The lowest BCUT2D eigenvalue weighted by Crippen LogP contribution is -2.42. The molecule has 19 heavy (non-hydrogen) atoms. The van der Waals surface area contributed by atoms with Crippen molar-refractivity contribution in [1.82, 2.24) is 15.3 Å². The second kappa shape index (κ2) is 4.99. The predicted octanol–water partition coefficient (Wildman–Crippen LogP) is 0.417. The fraction of sp³-hybridized carbons (Fsp3) is 0.385. The van der Waals surface area contributed by atoms with Gasteiger partial charge in [0.05, 0.1) is 24.2 Å². The molecule has 0 bridgehead atoms. The van der Waals surface area contributed by atoms with E-state index in [9.17, 15) is 9.59 Å². The molecule has 0 aliphatic carbocycles. The van der Waals surface area contributed by atoms with E-state index in [1.54, 1.807) is 18.2 Å². The summed E-state index contributed by atoms with van der Waals surface area (Å²) in [4.78, 5) is 28.6. The van der Waals surface area contributed by atoms with Gasteiger partial charge in [0.1, 0.15) is 0 Å². The predicted molar refractivity (Wildman–Crippen MR) is 70.5 cm³/mol. The van der Waals surface area contributed by atoms with E-state index in [0.717, 1.165) is 6.54 Å². The smallest absolute Gasteiger partial charge is 0.323 e. The van der Waals surface area contributed by atoms with Gasteiger partial charge in [-0.3, -0.25) is 4.79 Å². The number of hydrogen-bond donors (Lipinski definition) is 3. The Balaban J connectivity index is 1.78. The SMILES string of the molecule is O=C(CC1COCCN1)c1ccc2[nH]c(=O)[nH]c2c1. The molecule has 1 aromatic heterocycles. The molecule has 1 aliphatic rings. The van der Waals surface area contributed by atoms with Gasteiger partial charge in [0, 0.05) is 24.6 Å². The summed E-state index contributed by atoms with van der Waals surface area (Å²) < 4.78 is 5.33. The highest BCUT2D eigenvalue weighted by Crippen LogP contribution is 2.13. The van der Waals surface area contributed by atoms with E-state index >= 15 is 0 Å².